The zero-order valence-corrected chi connectivity index (χ0v) is 6.41. The first-order chi connectivity index (χ1) is 3.83. The molecular weight excluding hydrogens is 122 g/mol. The highest BCUT2D eigenvalue weighted by Gasteiger charge is 1.62. The molecule has 4 heteroatoms. The van der Waals surface area contributed by atoms with Crippen LogP contribution < -0.4 is 10.6 Å². The summed E-state index contributed by atoms with van der Waals surface area (Å²) in [6.07, 6.45) is 0. The van der Waals surface area contributed by atoms with Crippen molar-refractivity contribution in [1.29, 1.82) is 0 Å². The second kappa shape index (κ2) is 35.8. The molecule has 0 aliphatic heterocycles. The Morgan fingerprint density at radius 2 is 1.10 bits per heavy atom. The lowest BCUT2D eigenvalue weighted by molar-refractivity contribution is 0.762. The van der Waals surface area contributed by atoms with E-state index in [1.807, 2.05) is 14.1 Å². The molecule has 64 valence electrons. The molecule has 10 heavy (non-hydrogen) atoms. The summed E-state index contributed by atoms with van der Waals surface area (Å²) in [5.41, 5.74) is 0. The van der Waals surface area contributed by atoms with E-state index in [4.69, 9.17) is 0 Å². The molecule has 2 N–H and O–H groups in total. The van der Waals surface area contributed by atoms with Gasteiger partial charge in [0.1, 0.15) is 0 Å². The van der Waals surface area contributed by atoms with Crippen molar-refractivity contribution in [2.75, 3.05) is 27.2 Å². The van der Waals surface area contributed by atoms with Crippen molar-refractivity contribution in [2.24, 2.45) is 0 Å². The van der Waals surface area contributed by atoms with Crippen molar-refractivity contribution in [3.05, 3.63) is 0 Å². The molecule has 0 rings (SSSR count). The normalized spacial score (nSPS) is 6.00. The number of nitrogens with one attached hydrogen (secondary N) is 2. The third kappa shape index (κ3) is 95.2. The second-order valence-corrected chi connectivity index (χ2v) is 1.46. The van der Waals surface area contributed by atoms with Gasteiger partial charge in [-0.05, 0) is 27.2 Å². The van der Waals surface area contributed by atoms with E-state index >= 15 is 0 Å². The van der Waals surface area contributed by atoms with Crippen LogP contribution in [0.4, 0.5) is 0 Å². The van der Waals surface area contributed by atoms with Crippen molar-refractivity contribution >= 4 is 16.8 Å². The van der Waals surface area contributed by atoms with Crippen LogP contribution in [0, 0.1) is 0 Å². The minimum absolute atomic E-state index is 0. The minimum Gasteiger partial charge on any atom is -0.323 e. The maximum absolute atomic E-state index is 3.11. The lowest BCUT2D eigenvalue weighted by Crippen LogP contribution is -2.09. The fourth-order valence-electron chi connectivity index (χ4n) is 0.250. The van der Waals surface area contributed by atoms with Crippen LogP contribution in [0.15, 0.2) is 0 Å². The van der Waals surface area contributed by atoms with Gasteiger partial charge >= 0.3 is 0 Å². The van der Waals surface area contributed by atoms with E-state index in [-0.39, 0.29) is 16.8 Å². The molecule has 0 saturated heterocycles. The Kier molecular flexibility index (Phi) is 80.4. The van der Waals surface area contributed by atoms with Crippen LogP contribution >= 0.6 is 0 Å². The Balaban J connectivity index is -0.0000000326. The summed E-state index contributed by atoms with van der Waals surface area (Å²) in [6.45, 7) is 6.39. The van der Waals surface area contributed by atoms with E-state index in [0.717, 1.165) is 13.1 Å². The van der Waals surface area contributed by atoms with E-state index in [0.29, 0.717) is 0 Å². The zero-order valence-electron chi connectivity index (χ0n) is 6.41. The number of hydrogen-bond acceptors (Lipinski definition) is 2. The van der Waals surface area contributed by atoms with Gasteiger partial charge in [0, 0.05) is 0 Å². The lowest BCUT2D eigenvalue weighted by atomic mass is 10.7. The highest BCUT2D eigenvalue weighted by Crippen LogP contribution is 1.47. The highest BCUT2D eigenvalue weighted by atomic mass is 14.8. The van der Waals surface area contributed by atoms with Crippen LogP contribution in [0.5, 0.6) is 0 Å². The summed E-state index contributed by atoms with van der Waals surface area (Å²) in [4.78, 5) is 0. The topological polar surface area (TPSA) is 24.1 Å². The van der Waals surface area contributed by atoms with Gasteiger partial charge < -0.3 is 10.6 Å². The highest BCUT2D eigenvalue weighted by molar-refractivity contribution is 5.76. The van der Waals surface area contributed by atoms with Gasteiger partial charge in [0.25, 0.3) is 0 Å². The van der Waals surface area contributed by atoms with Crippen LogP contribution in [0.1, 0.15) is 13.8 Å². The standard InChI is InChI=1S/C4H11N.C2H7N.2BH3/c1-3-5-4-2;1-3-2;;/h5H,3-4H2,1-2H3;3H,1-2H3;2*1H3. The molecule has 0 saturated carbocycles. The van der Waals surface area contributed by atoms with Gasteiger partial charge in [0.2, 0.25) is 0 Å². The van der Waals surface area contributed by atoms with Crippen LogP contribution in [0.3, 0.4) is 0 Å². The summed E-state index contributed by atoms with van der Waals surface area (Å²) in [5, 5.41) is 5.86. The first kappa shape index (κ1) is 22.5. The monoisotopic (exact) mass is 146 g/mol. The molecule has 0 atom stereocenters. The Morgan fingerprint density at radius 1 is 0.900 bits per heavy atom. The quantitative estimate of drug-likeness (QED) is 0.444. The molecular formula is C6H24B2N2. The zero-order chi connectivity index (χ0) is 6.83. The molecule has 0 aromatic rings. The van der Waals surface area contributed by atoms with E-state index in [1.54, 1.807) is 0 Å². The van der Waals surface area contributed by atoms with E-state index < -0.39 is 0 Å². The van der Waals surface area contributed by atoms with Crippen LogP contribution in [0.2, 0.25) is 0 Å². The first-order valence-corrected chi connectivity index (χ1v) is 3.12. The summed E-state index contributed by atoms with van der Waals surface area (Å²) >= 11 is 0. The summed E-state index contributed by atoms with van der Waals surface area (Å²) in [7, 11) is 3.75. The first-order valence-electron chi connectivity index (χ1n) is 3.12. The molecule has 0 fully saturated rings. The van der Waals surface area contributed by atoms with Crippen molar-refractivity contribution in [3.8, 4) is 0 Å². The summed E-state index contributed by atoms with van der Waals surface area (Å²) in [6, 6.07) is 0. The SMILES string of the molecule is B.B.CCNCC.CNC. The maximum atomic E-state index is 3.11. The summed E-state index contributed by atoms with van der Waals surface area (Å²) < 4.78 is 0. The Bertz CT molecular complexity index is 27.7. The van der Waals surface area contributed by atoms with E-state index in [9.17, 15) is 0 Å². The molecule has 0 spiro atoms. The van der Waals surface area contributed by atoms with Crippen LogP contribution in [-0.4, -0.2) is 44.0 Å². The summed E-state index contributed by atoms with van der Waals surface area (Å²) in [5.74, 6) is 0. The van der Waals surface area contributed by atoms with E-state index in [1.165, 1.54) is 0 Å². The fraction of sp³-hybridized carbons (Fsp3) is 1.00. The predicted octanol–water partition coefficient (Wildman–Crippen LogP) is -1.92. The molecule has 0 bridgehead atoms. The van der Waals surface area contributed by atoms with Gasteiger partial charge in [0.15, 0.2) is 0 Å². The minimum atomic E-state index is 0. The van der Waals surface area contributed by atoms with Crippen LogP contribution in [-0.2, 0) is 0 Å². The smallest absolute Gasteiger partial charge is 0.0814 e. The third-order valence-corrected chi connectivity index (χ3v) is 0.500. The Morgan fingerprint density at radius 3 is 1.10 bits per heavy atom. The molecule has 0 aliphatic rings. The molecule has 0 unspecified atom stereocenters. The molecule has 0 aromatic heterocycles. The molecule has 2 nitrogen and oxygen atoms in total. The van der Waals surface area contributed by atoms with Crippen molar-refractivity contribution in [2.45, 2.75) is 13.8 Å². The molecule has 0 aliphatic carbocycles. The van der Waals surface area contributed by atoms with Crippen molar-refractivity contribution in [3.63, 3.8) is 0 Å². The van der Waals surface area contributed by atoms with Gasteiger partial charge in [-0.2, -0.15) is 0 Å². The number of rotatable bonds is 2. The van der Waals surface area contributed by atoms with Gasteiger partial charge in [-0.25, -0.2) is 0 Å². The van der Waals surface area contributed by atoms with Gasteiger partial charge in [0.05, 0.1) is 16.8 Å². The fourth-order valence-corrected chi connectivity index (χ4v) is 0.250. The number of hydrogen-bond donors (Lipinski definition) is 2. The molecule has 0 aromatic carbocycles. The Labute approximate surface area is 69.3 Å². The third-order valence-electron chi connectivity index (χ3n) is 0.500. The average Bonchev–Trinajstić information content (AvgIpc) is 1.71. The van der Waals surface area contributed by atoms with E-state index in [2.05, 4.69) is 24.5 Å². The van der Waals surface area contributed by atoms with Gasteiger partial charge in [-0.1, -0.05) is 13.8 Å². The molecule has 0 heterocycles. The Hall–Kier alpha value is 0.0499. The lowest BCUT2D eigenvalue weighted by Gasteiger charge is -1.86. The predicted molar refractivity (Wildman–Crippen MR) is 59.1 cm³/mol. The molecule has 0 amide bonds. The van der Waals surface area contributed by atoms with Crippen molar-refractivity contribution in [1.82, 2.24) is 10.6 Å². The van der Waals surface area contributed by atoms with Gasteiger partial charge in [-0.3, -0.25) is 0 Å². The van der Waals surface area contributed by atoms with Gasteiger partial charge in [-0.15, -0.1) is 0 Å². The van der Waals surface area contributed by atoms with Crippen LogP contribution in [0.25, 0.3) is 0 Å². The second-order valence-electron chi connectivity index (χ2n) is 1.46. The maximum Gasteiger partial charge on any atom is 0.0814 e. The molecule has 0 radical (unpaired) electrons. The largest absolute Gasteiger partial charge is 0.323 e. The van der Waals surface area contributed by atoms with Crippen molar-refractivity contribution < 1.29 is 0 Å². The average molecular weight is 146 g/mol.